The number of piperidine rings is 1. The van der Waals surface area contributed by atoms with Gasteiger partial charge in [0.15, 0.2) is 0 Å². The summed E-state index contributed by atoms with van der Waals surface area (Å²) in [5, 5.41) is 6.51. The van der Waals surface area contributed by atoms with E-state index in [-0.39, 0.29) is 17.7 Å². The molecule has 0 spiro atoms. The van der Waals surface area contributed by atoms with Crippen LogP contribution in [0.4, 0.5) is 5.69 Å². The van der Waals surface area contributed by atoms with Crippen molar-refractivity contribution in [2.45, 2.75) is 26.7 Å². The van der Waals surface area contributed by atoms with Gasteiger partial charge in [0.05, 0.1) is 10.6 Å². The van der Waals surface area contributed by atoms with Crippen molar-refractivity contribution in [1.29, 1.82) is 0 Å². The highest BCUT2D eigenvalue weighted by molar-refractivity contribution is 6.34. The van der Waals surface area contributed by atoms with Gasteiger partial charge in [0.1, 0.15) is 0 Å². The lowest BCUT2D eigenvalue weighted by molar-refractivity contribution is -0.120. The molecule has 2 amide bonds. The van der Waals surface area contributed by atoms with E-state index in [0.717, 1.165) is 25.9 Å². The van der Waals surface area contributed by atoms with Gasteiger partial charge in [0, 0.05) is 24.7 Å². The Morgan fingerprint density at radius 1 is 1.26 bits per heavy atom. The second-order valence-corrected chi connectivity index (χ2v) is 6.09. The minimum absolute atomic E-state index is 0.0189. The molecule has 0 aromatic heterocycles. The zero-order valence-electron chi connectivity index (χ0n) is 13.7. The van der Waals surface area contributed by atoms with Crippen molar-refractivity contribution in [3.63, 3.8) is 0 Å². The van der Waals surface area contributed by atoms with Crippen LogP contribution in [0.5, 0.6) is 0 Å². The minimum Gasteiger partial charge on any atom is -0.339 e. The Morgan fingerprint density at radius 2 is 1.91 bits per heavy atom. The van der Waals surface area contributed by atoms with Gasteiger partial charge in [0.2, 0.25) is 5.91 Å². The number of hydrogen-bond acceptors (Lipinski definition) is 3. The fourth-order valence-corrected chi connectivity index (χ4v) is 3.04. The van der Waals surface area contributed by atoms with Crippen molar-refractivity contribution >= 4 is 29.1 Å². The number of carbonyl (C=O) groups excluding carboxylic acids is 2. The molecular weight excluding hydrogens is 314 g/mol. The molecule has 5 nitrogen and oxygen atoms in total. The lowest BCUT2D eigenvalue weighted by Crippen LogP contribution is -2.34. The molecule has 1 aromatic rings. The third-order valence-corrected chi connectivity index (χ3v) is 4.54. The third-order valence-electron chi connectivity index (χ3n) is 4.23. The Bertz CT molecular complexity index is 567. The molecule has 6 heteroatoms. The average molecular weight is 338 g/mol. The van der Waals surface area contributed by atoms with E-state index in [4.69, 9.17) is 11.6 Å². The number of benzene rings is 1. The molecule has 23 heavy (non-hydrogen) atoms. The van der Waals surface area contributed by atoms with Crippen molar-refractivity contribution in [2.24, 2.45) is 5.92 Å². The zero-order valence-corrected chi connectivity index (χ0v) is 14.4. The molecule has 126 valence electrons. The Morgan fingerprint density at radius 3 is 2.48 bits per heavy atom. The molecule has 1 fully saturated rings. The second kappa shape index (κ2) is 8.31. The molecular formula is C17H24ClN3O2. The van der Waals surface area contributed by atoms with E-state index in [1.807, 2.05) is 13.8 Å². The van der Waals surface area contributed by atoms with Crippen LogP contribution in [0.2, 0.25) is 5.02 Å². The second-order valence-electron chi connectivity index (χ2n) is 5.69. The third kappa shape index (κ3) is 4.45. The van der Waals surface area contributed by atoms with Crippen LogP contribution in [-0.2, 0) is 4.79 Å². The monoisotopic (exact) mass is 337 g/mol. The van der Waals surface area contributed by atoms with Gasteiger partial charge in [-0.05, 0) is 58.0 Å². The van der Waals surface area contributed by atoms with Crippen LogP contribution in [0, 0.1) is 5.92 Å². The highest BCUT2D eigenvalue weighted by Gasteiger charge is 2.21. The largest absolute Gasteiger partial charge is 0.339 e. The van der Waals surface area contributed by atoms with Gasteiger partial charge >= 0.3 is 0 Å². The van der Waals surface area contributed by atoms with Crippen molar-refractivity contribution in [3.8, 4) is 0 Å². The number of rotatable bonds is 5. The smallest absolute Gasteiger partial charge is 0.255 e. The molecule has 1 aromatic carbocycles. The molecule has 1 saturated heterocycles. The molecule has 1 aliphatic heterocycles. The number of amides is 2. The van der Waals surface area contributed by atoms with Crippen molar-refractivity contribution in [3.05, 3.63) is 28.8 Å². The molecule has 0 aliphatic carbocycles. The summed E-state index contributed by atoms with van der Waals surface area (Å²) >= 11 is 6.24. The maximum Gasteiger partial charge on any atom is 0.255 e. The summed E-state index contributed by atoms with van der Waals surface area (Å²) in [4.78, 5) is 26.3. The Balaban J connectivity index is 2.06. The van der Waals surface area contributed by atoms with E-state index < -0.39 is 0 Å². The first-order valence-corrected chi connectivity index (χ1v) is 8.55. The van der Waals surface area contributed by atoms with Gasteiger partial charge in [-0.15, -0.1) is 0 Å². The summed E-state index contributed by atoms with van der Waals surface area (Å²) in [6.07, 6.45) is 1.69. The number of nitrogens with zero attached hydrogens (tertiary/aromatic N) is 1. The van der Waals surface area contributed by atoms with Gasteiger partial charge < -0.3 is 15.5 Å². The number of anilines is 1. The van der Waals surface area contributed by atoms with Gasteiger partial charge in [-0.2, -0.15) is 0 Å². The van der Waals surface area contributed by atoms with Crippen LogP contribution in [0.3, 0.4) is 0 Å². The SMILES string of the molecule is CCN(CC)C(=O)c1ccc(NC(=O)C2CCNCC2)cc1Cl. The molecule has 0 saturated carbocycles. The van der Waals surface area contributed by atoms with E-state index in [1.165, 1.54) is 0 Å². The molecule has 2 N–H and O–H groups in total. The van der Waals surface area contributed by atoms with E-state index in [1.54, 1.807) is 23.1 Å². The Kier molecular flexibility index (Phi) is 6.42. The average Bonchev–Trinajstić information content (AvgIpc) is 2.56. The maximum absolute atomic E-state index is 12.4. The molecule has 0 atom stereocenters. The number of carbonyl (C=O) groups is 2. The fourth-order valence-electron chi connectivity index (χ4n) is 2.78. The van der Waals surface area contributed by atoms with E-state index in [9.17, 15) is 9.59 Å². The summed E-state index contributed by atoms with van der Waals surface area (Å²) in [6, 6.07) is 5.07. The van der Waals surface area contributed by atoms with Crippen molar-refractivity contribution in [2.75, 3.05) is 31.5 Å². The van der Waals surface area contributed by atoms with E-state index in [0.29, 0.717) is 29.4 Å². The number of halogens is 1. The van der Waals surface area contributed by atoms with Crippen LogP contribution >= 0.6 is 11.6 Å². The van der Waals surface area contributed by atoms with E-state index >= 15 is 0 Å². The first kappa shape index (κ1) is 17.8. The Labute approximate surface area is 142 Å². The van der Waals surface area contributed by atoms with Gasteiger partial charge in [0.25, 0.3) is 5.91 Å². The molecule has 0 radical (unpaired) electrons. The van der Waals surface area contributed by atoms with Crippen LogP contribution < -0.4 is 10.6 Å². The molecule has 2 rings (SSSR count). The molecule has 0 unspecified atom stereocenters. The highest BCUT2D eigenvalue weighted by atomic mass is 35.5. The standard InChI is InChI=1S/C17H24ClN3O2/c1-3-21(4-2)17(23)14-6-5-13(11-15(14)18)20-16(22)12-7-9-19-10-8-12/h5-6,11-12,19H,3-4,7-10H2,1-2H3,(H,20,22). The zero-order chi connectivity index (χ0) is 16.8. The van der Waals surface area contributed by atoms with Gasteiger partial charge in [-0.1, -0.05) is 11.6 Å². The lowest BCUT2D eigenvalue weighted by atomic mass is 9.97. The number of nitrogens with one attached hydrogen (secondary N) is 2. The quantitative estimate of drug-likeness (QED) is 0.868. The number of hydrogen-bond donors (Lipinski definition) is 2. The molecule has 1 heterocycles. The fraction of sp³-hybridized carbons (Fsp3) is 0.529. The lowest BCUT2D eigenvalue weighted by Gasteiger charge is -2.22. The minimum atomic E-state index is -0.0868. The predicted molar refractivity (Wildman–Crippen MR) is 92.9 cm³/mol. The molecule has 1 aliphatic rings. The summed E-state index contributed by atoms with van der Waals surface area (Å²) in [5.41, 5.74) is 1.10. The summed E-state index contributed by atoms with van der Waals surface area (Å²) in [6.45, 7) is 6.89. The summed E-state index contributed by atoms with van der Waals surface area (Å²) in [5.74, 6) is -0.0337. The van der Waals surface area contributed by atoms with Gasteiger partial charge in [-0.3, -0.25) is 9.59 Å². The van der Waals surface area contributed by atoms with Crippen LogP contribution in [0.15, 0.2) is 18.2 Å². The van der Waals surface area contributed by atoms with Gasteiger partial charge in [-0.25, -0.2) is 0 Å². The predicted octanol–water partition coefficient (Wildman–Crippen LogP) is 2.76. The van der Waals surface area contributed by atoms with E-state index in [2.05, 4.69) is 10.6 Å². The topological polar surface area (TPSA) is 61.4 Å². The van der Waals surface area contributed by atoms with Crippen LogP contribution in [0.25, 0.3) is 0 Å². The summed E-state index contributed by atoms with van der Waals surface area (Å²) < 4.78 is 0. The first-order valence-electron chi connectivity index (χ1n) is 8.17. The Hall–Kier alpha value is -1.59. The van der Waals surface area contributed by atoms with Crippen molar-refractivity contribution in [1.82, 2.24) is 10.2 Å². The van der Waals surface area contributed by atoms with Crippen LogP contribution in [0.1, 0.15) is 37.0 Å². The van der Waals surface area contributed by atoms with Crippen LogP contribution in [-0.4, -0.2) is 42.9 Å². The highest BCUT2D eigenvalue weighted by Crippen LogP contribution is 2.23. The summed E-state index contributed by atoms with van der Waals surface area (Å²) in [7, 11) is 0. The normalized spacial score (nSPS) is 15.3. The molecule has 0 bridgehead atoms. The first-order chi connectivity index (χ1) is 11.1. The maximum atomic E-state index is 12.4. The van der Waals surface area contributed by atoms with Crippen molar-refractivity contribution < 1.29 is 9.59 Å².